The molecule has 1 rings (SSSR count). The fourth-order valence-corrected chi connectivity index (χ4v) is 1.48. The zero-order valence-electron chi connectivity index (χ0n) is 10.5. The summed E-state index contributed by atoms with van der Waals surface area (Å²) in [6.45, 7) is 0.876. The average molecular weight is 252 g/mol. The molecule has 1 aromatic rings. The van der Waals surface area contributed by atoms with Gasteiger partial charge in [0.1, 0.15) is 0 Å². The number of nitrogens with one attached hydrogen (secondary N) is 1. The van der Waals surface area contributed by atoms with Gasteiger partial charge in [0.05, 0.1) is 24.8 Å². The van der Waals surface area contributed by atoms with Crippen molar-refractivity contribution in [2.45, 2.75) is 24.9 Å². The van der Waals surface area contributed by atoms with Crippen LogP contribution in [0.1, 0.15) is 12.5 Å². The molecule has 0 fully saturated rings. The van der Waals surface area contributed by atoms with Crippen molar-refractivity contribution in [3.63, 3.8) is 0 Å². The highest BCUT2D eigenvalue weighted by molar-refractivity contribution is 5.82. The second-order valence-electron chi connectivity index (χ2n) is 4.66. The van der Waals surface area contributed by atoms with Crippen LogP contribution in [0.25, 0.3) is 0 Å². The third-order valence-electron chi connectivity index (χ3n) is 2.76. The lowest BCUT2D eigenvalue weighted by atomic mass is 10.0. The Kier molecular flexibility index (Phi) is 5.27. The van der Waals surface area contributed by atoms with Crippen molar-refractivity contribution < 1.29 is 15.0 Å². The van der Waals surface area contributed by atoms with Crippen LogP contribution in [0, 0.1) is 0 Å². The van der Waals surface area contributed by atoms with Crippen LogP contribution in [0.15, 0.2) is 30.3 Å². The SMILES string of the molecule is CC(CO)(CO)NC(=O)[C@H](N)Cc1ccccc1. The van der Waals surface area contributed by atoms with Gasteiger partial charge in [-0.3, -0.25) is 4.79 Å². The third kappa shape index (κ3) is 4.10. The van der Waals surface area contributed by atoms with Gasteiger partial charge in [-0.1, -0.05) is 30.3 Å². The van der Waals surface area contributed by atoms with Gasteiger partial charge in [0.15, 0.2) is 0 Å². The number of nitrogens with two attached hydrogens (primary N) is 1. The standard InChI is InChI=1S/C13H20N2O3/c1-13(8-16,9-17)15-12(18)11(14)7-10-5-3-2-4-6-10/h2-6,11,16-17H,7-9,14H2,1H3,(H,15,18)/t11-/m1/s1. The topological polar surface area (TPSA) is 95.6 Å². The number of hydrogen-bond acceptors (Lipinski definition) is 4. The summed E-state index contributed by atoms with van der Waals surface area (Å²) in [5.41, 5.74) is 5.72. The van der Waals surface area contributed by atoms with Gasteiger partial charge in [-0.15, -0.1) is 0 Å². The molecule has 5 N–H and O–H groups in total. The van der Waals surface area contributed by atoms with Gasteiger partial charge in [0, 0.05) is 0 Å². The van der Waals surface area contributed by atoms with Crippen LogP contribution < -0.4 is 11.1 Å². The van der Waals surface area contributed by atoms with Crippen LogP contribution >= 0.6 is 0 Å². The Bertz CT molecular complexity index is 377. The minimum Gasteiger partial charge on any atom is -0.394 e. The molecule has 0 saturated carbocycles. The van der Waals surface area contributed by atoms with Crippen LogP contribution in [0.3, 0.4) is 0 Å². The smallest absolute Gasteiger partial charge is 0.237 e. The van der Waals surface area contributed by atoms with Crippen molar-refractivity contribution in [1.82, 2.24) is 5.32 Å². The third-order valence-corrected chi connectivity index (χ3v) is 2.76. The zero-order valence-corrected chi connectivity index (χ0v) is 10.5. The summed E-state index contributed by atoms with van der Waals surface area (Å²) in [7, 11) is 0. The molecule has 0 radical (unpaired) electrons. The van der Waals surface area contributed by atoms with Crippen molar-refractivity contribution in [2.24, 2.45) is 5.73 Å². The largest absolute Gasteiger partial charge is 0.394 e. The molecule has 0 heterocycles. The van der Waals surface area contributed by atoms with E-state index in [-0.39, 0.29) is 19.1 Å². The number of amides is 1. The molecule has 1 amide bonds. The Morgan fingerprint density at radius 1 is 1.33 bits per heavy atom. The molecule has 5 heteroatoms. The van der Waals surface area contributed by atoms with E-state index < -0.39 is 11.6 Å². The summed E-state index contributed by atoms with van der Waals surface area (Å²) >= 11 is 0. The van der Waals surface area contributed by atoms with Crippen molar-refractivity contribution in [3.8, 4) is 0 Å². The number of aliphatic hydroxyl groups is 2. The minimum absolute atomic E-state index is 0.340. The van der Waals surface area contributed by atoms with Gasteiger partial charge >= 0.3 is 0 Å². The van der Waals surface area contributed by atoms with E-state index in [2.05, 4.69) is 5.32 Å². The molecule has 100 valence electrons. The first-order chi connectivity index (χ1) is 8.50. The maximum atomic E-state index is 11.8. The lowest BCUT2D eigenvalue weighted by molar-refractivity contribution is -0.125. The Balaban J connectivity index is 2.57. The molecule has 0 unspecified atom stereocenters. The molecule has 1 atom stereocenters. The highest BCUT2D eigenvalue weighted by Gasteiger charge is 2.27. The molecule has 18 heavy (non-hydrogen) atoms. The Hall–Kier alpha value is -1.43. The molecule has 0 aliphatic rings. The Morgan fingerprint density at radius 2 is 1.89 bits per heavy atom. The summed E-state index contributed by atoms with van der Waals surface area (Å²) in [6, 6.07) is 8.74. The monoisotopic (exact) mass is 252 g/mol. The van der Waals surface area contributed by atoms with Gasteiger partial charge in [-0.2, -0.15) is 0 Å². The Morgan fingerprint density at radius 3 is 2.39 bits per heavy atom. The van der Waals surface area contributed by atoms with E-state index in [1.807, 2.05) is 30.3 Å². The van der Waals surface area contributed by atoms with Gasteiger partial charge in [0.25, 0.3) is 0 Å². The van der Waals surface area contributed by atoms with Crippen LogP contribution in [0.5, 0.6) is 0 Å². The molecule has 0 saturated heterocycles. The summed E-state index contributed by atoms with van der Waals surface area (Å²) in [5.74, 6) is -0.385. The molecule has 5 nitrogen and oxygen atoms in total. The molecule has 0 bridgehead atoms. The van der Waals surface area contributed by atoms with Gasteiger partial charge in [-0.25, -0.2) is 0 Å². The molecule has 0 aliphatic carbocycles. The molecular weight excluding hydrogens is 232 g/mol. The molecule has 0 aromatic heterocycles. The van der Waals surface area contributed by atoms with Gasteiger partial charge < -0.3 is 21.3 Å². The van der Waals surface area contributed by atoms with E-state index in [0.29, 0.717) is 6.42 Å². The maximum absolute atomic E-state index is 11.8. The summed E-state index contributed by atoms with van der Waals surface area (Å²) in [6.07, 6.45) is 0.416. The molecule has 0 aliphatic heterocycles. The number of hydrogen-bond donors (Lipinski definition) is 4. The lowest BCUT2D eigenvalue weighted by Crippen LogP contribution is -2.56. The van der Waals surface area contributed by atoms with Crippen LogP contribution in [-0.2, 0) is 11.2 Å². The predicted octanol–water partition coefficient (Wildman–Crippen LogP) is -0.584. The maximum Gasteiger partial charge on any atom is 0.237 e. The molecule has 0 spiro atoms. The molecule has 1 aromatic carbocycles. The fourth-order valence-electron chi connectivity index (χ4n) is 1.48. The van der Waals surface area contributed by atoms with Crippen LogP contribution in [0.4, 0.5) is 0 Å². The highest BCUT2D eigenvalue weighted by atomic mass is 16.3. The summed E-state index contributed by atoms with van der Waals surface area (Å²) in [4.78, 5) is 11.8. The summed E-state index contributed by atoms with van der Waals surface area (Å²) < 4.78 is 0. The minimum atomic E-state index is -1.04. The Labute approximate surface area is 107 Å². The zero-order chi connectivity index (χ0) is 13.6. The van der Waals surface area contributed by atoms with E-state index in [1.165, 1.54) is 0 Å². The first-order valence-electron chi connectivity index (χ1n) is 5.84. The second kappa shape index (κ2) is 6.49. The number of carbonyl (C=O) groups is 1. The molecular formula is C13H20N2O3. The van der Waals surface area contributed by atoms with Crippen molar-refractivity contribution in [3.05, 3.63) is 35.9 Å². The predicted molar refractivity (Wildman–Crippen MR) is 68.8 cm³/mol. The van der Waals surface area contributed by atoms with E-state index in [0.717, 1.165) is 5.56 Å². The van der Waals surface area contributed by atoms with E-state index >= 15 is 0 Å². The van der Waals surface area contributed by atoms with Crippen molar-refractivity contribution in [1.29, 1.82) is 0 Å². The highest BCUT2D eigenvalue weighted by Crippen LogP contribution is 2.05. The number of benzene rings is 1. The summed E-state index contributed by atoms with van der Waals surface area (Å²) in [5, 5.41) is 20.7. The lowest BCUT2D eigenvalue weighted by Gasteiger charge is -2.27. The number of aliphatic hydroxyl groups excluding tert-OH is 2. The normalized spacial score (nSPS) is 13.1. The van der Waals surface area contributed by atoms with Crippen molar-refractivity contribution in [2.75, 3.05) is 13.2 Å². The van der Waals surface area contributed by atoms with Crippen molar-refractivity contribution >= 4 is 5.91 Å². The van der Waals surface area contributed by atoms with Gasteiger partial charge in [-0.05, 0) is 18.9 Å². The first kappa shape index (κ1) is 14.6. The van der Waals surface area contributed by atoms with E-state index in [4.69, 9.17) is 15.9 Å². The van der Waals surface area contributed by atoms with E-state index in [1.54, 1.807) is 6.92 Å². The average Bonchev–Trinajstić information content (AvgIpc) is 2.39. The van der Waals surface area contributed by atoms with Crippen LogP contribution in [0.2, 0.25) is 0 Å². The fraction of sp³-hybridized carbons (Fsp3) is 0.462. The first-order valence-corrected chi connectivity index (χ1v) is 5.84. The van der Waals surface area contributed by atoms with E-state index in [9.17, 15) is 4.79 Å². The van der Waals surface area contributed by atoms with Gasteiger partial charge in [0.2, 0.25) is 5.91 Å². The number of rotatable bonds is 6. The quantitative estimate of drug-likeness (QED) is 0.544. The number of carbonyl (C=O) groups excluding carboxylic acids is 1. The van der Waals surface area contributed by atoms with Crippen LogP contribution in [-0.4, -0.2) is 40.9 Å². The second-order valence-corrected chi connectivity index (χ2v) is 4.66.